The molecule has 8 heteroatoms. The van der Waals surface area contributed by atoms with Crippen LogP contribution in [-0.2, 0) is 10.0 Å². The molecule has 1 aromatic carbocycles. The SMILES string of the molecule is C#CCCNS(=O)(=O)c1ccc(O)c([N+](=O)[O-])c1. The number of benzene rings is 1. The summed E-state index contributed by atoms with van der Waals surface area (Å²) in [5.41, 5.74) is -0.671. The highest BCUT2D eigenvalue weighted by atomic mass is 32.2. The Bertz CT molecular complexity index is 603. The molecule has 0 heterocycles. The summed E-state index contributed by atoms with van der Waals surface area (Å²) in [7, 11) is -3.87. The van der Waals surface area contributed by atoms with E-state index in [9.17, 15) is 23.6 Å². The zero-order valence-electron chi connectivity index (χ0n) is 9.16. The Morgan fingerprint density at radius 3 is 2.72 bits per heavy atom. The lowest BCUT2D eigenvalue weighted by atomic mass is 10.3. The molecule has 0 bridgehead atoms. The quantitative estimate of drug-likeness (QED) is 0.352. The van der Waals surface area contributed by atoms with Crippen LogP contribution in [-0.4, -0.2) is 25.0 Å². The topological polar surface area (TPSA) is 110 Å². The average molecular weight is 270 g/mol. The van der Waals surface area contributed by atoms with Gasteiger partial charge >= 0.3 is 5.69 Å². The summed E-state index contributed by atoms with van der Waals surface area (Å²) in [5.74, 6) is 1.66. The van der Waals surface area contributed by atoms with Gasteiger partial charge in [0.1, 0.15) is 0 Å². The van der Waals surface area contributed by atoms with Gasteiger partial charge in [0.2, 0.25) is 10.0 Å². The molecule has 96 valence electrons. The molecule has 0 radical (unpaired) electrons. The smallest absolute Gasteiger partial charge is 0.312 e. The van der Waals surface area contributed by atoms with Crippen LogP contribution in [0, 0.1) is 22.5 Å². The summed E-state index contributed by atoms with van der Waals surface area (Å²) in [4.78, 5) is 9.40. The lowest BCUT2D eigenvalue weighted by Gasteiger charge is -2.05. The summed E-state index contributed by atoms with van der Waals surface area (Å²) in [6.45, 7) is 0.0352. The Balaban J connectivity index is 3.07. The fourth-order valence-corrected chi connectivity index (χ4v) is 2.21. The number of hydrogen-bond acceptors (Lipinski definition) is 5. The second-order valence-electron chi connectivity index (χ2n) is 3.26. The van der Waals surface area contributed by atoms with E-state index in [4.69, 9.17) is 6.42 Å². The van der Waals surface area contributed by atoms with Crippen molar-refractivity contribution in [3.63, 3.8) is 0 Å². The van der Waals surface area contributed by atoms with Crippen LogP contribution in [0.2, 0.25) is 0 Å². The first-order valence-electron chi connectivity index (χ1n) is 4.79. The van der Waals surface area contributed by atoms with E-state index in [0.29, 0.717) is 0 Å². The number of aromatic hydroxyl groups is 1. The number of rotatable bonds is 5. The van der Waals surface area contributed by atoms with Crippen molar-refractivity contribution in [3.05, 3.63) is 28.3 Å². The summed E-state index contributed by atoms with van der Waals surface area (Å²) < 4.78 is 25.6. The maximum Gasteiger partial charge on any atom is 0.312 e. The van der Waals surface area contributed by atoms with Crippen molar-refractivity contribution >= 4 is 15.7 Å². The summed E-state index contributed by atoms with van der Waals surface area (Å²) in [6.07, 6.45) is 5.18. The Kier molecular flexibility index (Phi) is 4.25. The minimum atomic E-state index is -3.87. The standard InChI is InChI=1S/C10H10N2O5S/c1-2-3-6-11-18(16,17)8-4-5-10(13)9(7-8)12(14)15/h1,4-5,7,11,13H,3,6H2. The van der Waals surface area contributed by atoms with Gasteiger partial charge < -0.3 is 5.11 Å². The Morgan fingerprint density at radius 2 is 2.17 bits per heavy atom. The van der Waals surface area contributed by atoms with E-state index in [1.54, 1.807) is 0 Å². The van der Waals surface area contributed by atoms with Crippen LogP contribution in [0.15, 0.2) is 23.1 Å². The predicted molar refractivity (Wildman–Crippen MR) is 63.4 cm³/mol. The molecule has 0 aliphatic heterocycles. The van der Waals surface area contributed by atoms with E-state index >= 15 is 0 Å². The number of nitro groups is 1. The Hall–Kier alpha value is -2.11. The molecule has 1 aromatic rings. The van der Waals surface area contributed by atoms with Crippen molar-refractivity contribution in [2.24, 2.45) is 0 Å². The number of terminal acetylenes is 1. The first-order chi connectivity index (χ1) is 8.38. The van der Waals surface area contributed by atoms with Crippen molar-refractivity contribution in [1.82, 2.24) is 4.72 Å². The van der Waals surface area contributed by atoms with Gasteiger partial charge in [-0.15, -0.1) is 12.3 Å². The van der Waals surface area contributed by atoms with Crippen LogP contribution in [0.4, 0.5) is 5.69 Å². The maximum atomic E-state index is 11.7. The molecule has 0 saturated heterocycles. The van der Waals surface area contributed by atoms with Gasteiger partial charge in [0.25, 0.3) is 0 Å². The van der Waals surface area contributed by atoms with Crippen LogP contribution in [0.25, 0.3) is 0 Å². The number of nitro benzene ring substituents is 1. The third-order valence-electron chi connectivity index (χ3n) is 2.02. The minimum absolute atomic E-state index is 0.0352. The molecule has 0 aliphatic carbocycles. The van der Waals surface area contributed by atoms with Crippen molar-refractivity contribution in [3.8, 4) is 18.1 Å². The molecule has 0 aliphatic rings. The van der Waals surface area contributed by atoms with Gasteiger partial charge in [-0.3, -0.25) is 10.1 Å². The van der Waals surface area contributed by atoms with Crippen molar-refractivity contribution in [1.29, 1.82) is 0 Å². The zero-order valence-corrected chi connectivity index (χ0v) is 9.98. The fourth-order valence-electron chi connectivity index (χ4n) is 1.16. The molecule has 7 nitrogen and oxygen atoms in total. The number of hydrogen-bond donors (Lipinski definition) is 2. The van der Waals surface area contributed by atoms with Crippen LogP contribution in [0.3, 0.4) is 0 Å². The van der Waals surface area contributed by atoms with Crippen LogP contribution in [0.5, 0.6) is 5.75 Å². The van der Waals surface area contributed by atoms with Crippen molar-refractivity contribution in [2.45, 2.75) is 11.3 Å². The number of sulfonamides is 1. The molecule has 0 spiro atoms. The fraction of sp³-hybridized carbons (Fsp3) is 0.200. The maximum absolute atomic E-state index is 11.7. The van der Waals surface area contributed by atoms with Gasteiger partial charge in [0.05, 0.1) is 9.82 Å². The van der Waals surface area contributed by atoms with Gasteiger partial charge in [-0.2, -0.15) is 0 Å². The highest BCUT2D eigenvalue weighted by molar-refractivity contribution is 7.89. The molecule has 2 N–H and O–H groups in total. The van der Waals surface area contributed by atoms with E-state index < -0.39 is 26.4 Å². The second kappa shape index (κ2) is 5.48. The van der Waals surface area contributed by atoms with Crippen LogP contribution >= 0.6 is 0 Å². The normalized spacial score (nSPS) is 10.8. The highest BCUT2D eigenvalue weighted by Crippen LogP contribution is 2.27. The minimum Gasteiger partial charge on any atom is -0.502 e. The van der Waals surface area contributed by atoms with Gasteiger partial charge in [-0.1, -0.05) is 0 Å². The molecule has 0 aromatic heterocycles. The van der Waals surface area contributed by atoms with Crippen molar-refractivity contribution in [2.75, 3.05) is 6.54 Å². The molecular formula is C10H10N2O5S. The molecule has 0 atom stereocenters. The van der Waals surface area contributed by atoms with E-state index in [-0.39, 0.29) is 17.9 Å². The lowest BCUT2D eigenvalue weighted by molar-refractivity contribution is -0.386. The van der Waals surface area contributed by atoms with Gasteiger partial charge in [-0.25, -0.2) is 13.1 Å². The predicted octanol–water partition coefficient (Wildman–Crippen LogP) is 0.602. The second-order valence-corrected chi connectivity index (χ2v) is 5.03. The third-order valence-corrected chi connectivity index (χ3v) is 3.47. The molecule has 1 rings (SSSR count). The summed E-state index contributed by atoms with van der Waals surface area (Å²) in [6, 6.07) is 2.81. The molecule has 18 heavy (non-hydrogen) atoms. The molecule has 0 unspecified atom stereocenters. The highest BCUT2D eigenvalue weighted by Gasteiger charge is 2.20. The molecular weight excluding hydrogens is 260 g/mol. The monoisotopic (exact) mass is 270 g/mol. The van der Waals surface area contributed by atoms with E-state index in [0.717, 1.165) is 18.2 Å². The van der Waals surface area contributed by atoms with Gasteiger partial charge in [0.15, 0.2) is 5.75 Å². The zero-order chi connectivity index (χ0) is 13.8. The molecule has 0 amide bonds. The van der Waals surface area contributed by atoms with Gasteiger partial charge in [0, 0.05) is 19.0 Å². The number of nitrogens with zero attached hydrogens (tertiary/aromatic N) is 1. The molecule has 0 fully saturated rings. The first-order valence-corrected chi connectivity index (χ1v) is 6.27. The number of phenolic OH excluding ortho intramolecular Hbond substituents is 1. The molecule has 0 saturated carbocycles. The number of nitrogens with one attached hydrogen (secondary N) is 1. The summed E-state index contributed by atoms with van der Waals surface area (Å²) >= 11 is 0. The largest absolute Gasteiger partial charge is 0.502 e. The van der Waals surface area contributed by atoms with Crippen LogP contribution < -0.4 is 4.72 Å². The van der Waals surface area contributed by atoms with E-state index in [2.05, 4.69) is 10.6 Å². The Morgan fingerprint density at radius 1 is 1.50 bits per heavy atom. The lowest BCUT2D eigenvalue weighted by Crippen LogP contribution is -2.24. The van der Waals surface area contributed by atoms with Gasteiger partial charge in [-0.05, 0) is 12.1 Å². The average Bonchev–Trinajstić information content (AvgIpc) is 2.29. The van der Waals surface area contributed by atoms with Crippen LogP contribution in [0.1, 0.15) is 6.42 Å². The summed E-state index contributed by atoms with van der Waals surface area (Å²) in [5, 5.41) is 19.8. The van der Waals surface area contributed by atoms with E-state index in [1.807, 2.05) is 0 Å². The Labute approximate surface area is 104 Å². The van der Waals surface area contributed by atoms with Crippen molar-refractivity contribution < 1.29 is 18.4 Å². The van der Waals surface area contributed by atoms with E-state index in [1.165, 1.54) is 0 Å². The third kappa shape index (κ3) is 3.19. The number of phenols is 1. The first kappa shape index (κ1) is 14.0.